The van der Waals surface area contributed by atoms with Crippen LogP contribution in [0.15, 0.2) is 73.3 Å². The zero-order chi connectivity index (χ0) is 19.8. The molecular weight excluding hydrogens is 348 g/mol. The highest BCUT2D eigenvalue weighted by molar-refractivity contribution is 6.99. The van der Waals surface area contributed by atoms with Gasteiger partial charge in [0.15, 0.2) is 0 Å². The zero-order valence-electron chi connectivity index (χ0n) is 17.0. The summed E-state index contributed by atoms with van der Waals surface area (Å²) in [7, 11) is -2.40. The van der Waals surface area contributed by atoms with Gasteiger partial charge in [-0.1, -0.05) is 100 Å². The van der Waals surface area contributed by atoms with Gasteiger partial charge in [0.1, 0.15) is 0 Å². The largest absolute Gasteiger partial charge is 0.407 e. The molecule has 2 nitrogen and oxygen atoms in total. The summed E-state index contributed by atoms with van der Waals surface area (Å²) in [6.07, 6.45) is 5.07. The first-order chi connectivity index (χ1) is 12.9. The lowest BCUT2D eigenvalue weighted by Gasteiger charge is -2.43. The van der Waals surface area contributed by atoms with Crippen LogP contribution in [-0.4, -0.2) is 26.1 Å². The maximum atomic E-state index is 9.61. The quantitative estimate of drug-likeness (QED) is 0.367. The van der Waals surface area contributed by atoms with Crippen LogP contribution in [0.3, 0.4) is 0 Å². The van der Waals surface area contributed by atoms with E-state index >= 15 is 0 Å². The third kappa shape index (κ3) is 5.41. The van der Waals surface area contributed by atoms with E-state index in [9.17, 15) is 5.11 Å². The molecular formula is C24H34O2Si. The van der Waals surface area contributed by atoms with E-state index in [1.165, 1.54) is 10.4 Å². The number of rotatable bonds is 10. The fourth-order valence-corrected chi connectivity index (χ4v) is 8.34. The summed E-state index contributed by atoms with van der Waals surface area (Å²) in [6, 6.07) is 21.5. The van der Waals surface area contributed by atoms with Crippen molar-refractivity contribution >= 4 is 18.7 Å². The Bertz CT molecular complexity index is 637. The normalized spacial score (nSPS) is 13.3. The van der Waals surface area contributed by atoms with Crippen LogP contribution in [-0.2, 0) is 4.43 Å². The van der Waals surface area contributed by atoms with E-state index in [1.807, 2.05) is 0 Å². The molecule has 0 radical (unpaired) electrons. The molecule has 1 N–H and O–H groups in total. The number of aliphatic hydroxyl groups excluding tert-OH is 1. The Morgan fingerprint density at radius 2 is 1.44 bits per heavy atom. The molecule has 0 saturated heterocycles. The third-order valence-electron chi connectivity index (χ3n) is 5.15. The van der Waals surface area contributed by atoms with Crippen molar-refractivity contribution in [2.24, 2.45) is 0 Å². The molecule has 0 aromatic heterocycles. The van der Waals surface area contributed by atoms with Crippen LogP contribution in [0, 0.1) is 0 Å². The second kappa shape index (κ2) is 10.0. The Morgan fingerprint density at radius 3 is 1.89 bits per heavy atom. The van der Waals surface area contributed by atoms with Crippen LogP contribution in [0.25, 0.3) is 0 Å². The minimum atomic E-state index is -2.40. The molecule has 1 atom stereocenters. The molecule has 2 aromatic carbocycles. The maximum Gasteiger partial charge on any atom is 0.261 e. The van der Waals surface area contributed by atoms with E-state index in [4.69, 9.17) is 4.43 Å². The van der Waals surface area contributed by atoms with E-state index in [1.54, 1.807) is 6.08 Å². The van der Waals surface area contributed by atoms with E-state index in [0.717, 1.165) is 32.3 Å². The smallest absolute Gasteiger partial charge is 0.261 e. The van der Waals surface area contributed by atoms with Gasteiger partial charge >= 0.3 is 0 Å². The Labute approximate surface area is 166 Å². The highest BCUT2D eigenvalue weighted by Gasteiger charge is 2.49. The molecule has 0 aliphatic heterocycles. The number of hydrogen-bond acceptors (Lipinski definition) is 2. The monoisotopic (exact) mass is 382 g/mol. The van der Waals surface area contributed by atoms with Crippen molar-refractivity contribution in [3.8, 4) is 0 Å². The molecule has 0 unspecified atom stereocenters. The van der Waals surface area contributed by atoms with Gasteiger partial charge in [0.2, 0.25) is 0 Å². The van der Waals surface area contributed by atoms with Crippen molar-refractivity contribution < 1.29 is 9.53 Å². The number of benzene rings is 2. The van der Waals surface area contributed by atoms with E-state index < -0.39 is 8.32 Å². The lowest BCUT2D eigenvalue weighted by molar-refractivity contribution is 0.206. The molecule has 2 rings (SSSR count). The number of aliphatic hydroxyl groups is 1. The summed E-state index contributed by atoms with van der Waals surface area (Å²) in [5.74, 6) is 0. The highest BCUT2D eigenvalue weighted by Crippen LogP contribution is 2.36. The molecule has 0 saturated carbocycles. The molecule has 3 heteroatoms. The highest BCUT2D eigenvalue weighted by atomic mass is 28.4. The molecule has 0 amide bonds. The zero-order valence-corrected chi connectivity index (χ0v) is 18.0. The average Bonchev–Trinajstić information content (AvgIpc) is 2.67. The van der Waals surface area contributed by atoms with Crippen LogP contribution in [0.1, 0.15) is 46.5 Å². The first kappa shape index (κ1) is 21.6. The van der Waals surface area contributed by atoms with Gasteiger partial charge in [-0.25, -0.2) is 0 Å². The van der Waals surface area contributed by atoms with Crippen LogP contribution < -0.4 is 10.4 Å². The van der Waals surface area contributed by atoms with Gasteiger partial charge in [0.25, 0.3) is 8.32 Å². The van der Waals surface area contributed by atoms with Crippen molar-refractivity contribution in [1.82, 2.24) is 0 Å². The molecule has 0 aliphatic carbocycles. The van der Waals surface area contributed by atoms with E-state index in [-0.39, 0.29) is 11.1 Å². The van der Waals surface area contributed by atoms with Crippen molar-refractivity contribution in [2.45, 2.75) is 57.6 Å². The molecule has 0 heterocycles. The molecule has 27 heavy (non-hydrogen) atoms. The minimum absolute atomic E-state index is 0.0226. The average molecular weight is 383 g/mol. The Balaban J connectivity index is 2.21. The predicted octanol–water partition coefficient (Wildman–Crippen LogP) is 4.67. The first-order valence-corrected chi connectivity index (χ1v) is 11.9. The lowest BCUT2D eigenvalue weighted by Crippen LogP contribution is -2.66. The van der Waals surface area contributed by atoms with Gasteiger partial charge in [0.05, 0.1) is 6.10 Å². The van der Waals surface area contributed by atoms with E-state index in [2.05, 4.69) is 88.0 Å². The second-order valence-electron chi connectivity index (χ2n) is 8.16. The van der Waals surface area contributed by atoms with Gasteiger partial charge < -0.3 is 9.53 Å². The molecule has 146 valence electrons. The van der Waals surface area contributed by atoms with Crippen molar-refractivity contribution in [3.05, 3.63) is 73.3 Å². The van der Waals surface area contributed by atoms with Crippen LogP contribution >= 0.6 is 0 Å². The summed E-state index contributed by atoms with van der Waals surface area (Å²) in [5.41, 5.74) is 0. The Kier molecular flexibility index (Phi) is 8.02. The predicted molar refractivity (Wildman–Crippen MR) is 118 cm³/mol. The minimum Gasteiger partial charge on any atom is -0.407 e. The molecule has 0 fully saturated rings. The molecule has 2 aromatic rings. The number of hydrogen-bond donors (Lipinski definition) is 1. The topological polar surface area (TPSA) is 29.5 Å². The summed E-state index contributed by atoms with van der Waals surface area (Å²) < 4.78 is 6.86. The Hall–Kier alpha value is -1.68. The molecule has 0 spiro atoms. The SMILES string of the molecule is C=C[C@@H](O)CCCCCO[Si](c1ccccc1)(c1ccccc1)C(C)(C)C. The standard InChI is InChI=1S/C24H34O2Si/c1-5-21(25)15-9-8-14-20-26-27(24(2,3)4,22-16-10-6-11-17-22)23-18-12-7-13-19-23/h5-7,10-13,16-19,21,25H,1,8-9,14-15,20H2,2-4H3/t21-/m1/s1. The van der Waals surface area contributed by atoms with Crippen LogP contribution in [0.2, 0.25) is 5.04 Å². The van der Waals surface area contributed by atoms with Gasteiger partial charge in [-0.05, 0) is 28.3 Å². The summed E-state index contributed by atoms with van der Waals surface area (Å²) in [4.78, 5) is 0. The summed E-state index contributed by atoms with van der Waals surface area (Å²) in [5, 5.41) is 12.3. The summed E-state index contributed by atoms with van der Waals surface area (Å²) in [6.45, 7) is 11.3. The second-order valence-corrected chi connectivity index (χ2v) is 12.5. The van der Waals surface area contributed by atoms with Crippen LogP contribution in [0.5, 0.6) is 0 Å². The van der Waals surface area contributed by atoms with Crippen molar-refractivity contribution in [3.63, 3.8) is 0 Å². The fourth-order valence-electron chi connectivity index (χ4n) is 3.74. The maximum absolute atomic E-state index is 9.61. The van der Waals surface area contributed by atoms with Gasteiger partial charge in [-0.15, -0.1) is 6.58 Å². The Morgan fingerprint density at radius 1 is 0.926 bits per heavy atom. The van der Waals surface area contributed by atoms with E-state index in [0.29, 0.717) is 0 Å². The van der Waals surface area contributed by atoms with Crippen LogP contribution in [0.4, 0.5) is 0 Å². The number of unbranched alkanes of at least 4 members (excludes halogenated alkanes) is 2. The lowest BCUT2D eigenvalue weighted by atomic mass is 10.1. The van der Waals surface area contributed by atoms with Gasteiger partial charge in [-0.2, -0.15) is 0 Å². The third-order valence-corrected chi connectivity index (χ3v) is 10.2. The van der Waals surface area contributed by atoms with Crippen molar-refractivity contribution in [2.75, 3.05) is 6.61 Å². The molecule has 0 bridgehead atoms. The summed E-state index contributed by atoms with van der Waals surface area (Å²) >= 11 is 0. The van der Waals surface area contributed by atoms with Gasteiger partial charge in [-0.3, -0.25) is 0 Å². The van der Waals surface area contributed by atoms with Gasteiger partial charge in [0, 0.05) is 6.61 Å². The molecule has 0 aliphatic rings. The fraction of sp³-hybridized carbons (Fsp3) is 0.417. The first-order valence-electron chi connectivity index (χ1n) is 9.97. The van der Waals surface area contributed by atoms with Crippen molar-refractivity contribution in [1.29, 1.82) is 0 Å².